The topological polar surface area (TPSA) is 58.0 Å². The molecular formula is C19H20BrN3O2S. The number of halogens is 1. The van der Waals surface area contributed by atoms with Gasteiger partial charge in [-0.15, -0.1) is 0 Å². The van der Waals surface area contributed by atoms with Crippen molar-refractivity contribution in [2.45, 2.75) is 31.5 Å². The van der Waals surface area contributed by atoms with Crippen LogP contribution >= 0.6 is 27.7 Å². The van der Waals surface area contributed by atoms with E-state index < -0.39 is 0 Å². The van der Waals surface area contributed by atoms with Crippen molar-refractivity contribution < 1.29 is 9.84 Å². The highest BCUT2D eigenvalue weighted by atomic mass is 79.9. The molecule has 136 valence electrons. The van der Waals surface area contributed by atoms with Crippen LogP contribution in [-0.2, 0) is 0 Å². The van der Waals surface area contributed by atoms with E-state index in [1.807, 2.05) is 42.2 Å². The molecule has 0 amide bonds. The molecule has 0 spiro atoms. The maximum atomic E-state index is 10.1. The Bertz CT molecular complexity index is 846. The minimum Gasteiger partial charge on any atom is -0.504 e. The third kappa shape index (κ3) is 2.87. The fourth-order valence-corrected chi connectivity index (χ4v) is 5.54. The molecule has 0 aliphatic carbocycles. The van der Waals surface area contributed by atoms with Crippen LogP contribution in [0.3, 0.4) is 0 Å². The van der Waals surface area contributed by atoms with Crippen molar-refractivity contribution in [1.29, 1.82) is 0 Å². The molecule has 5 nitrogen and oxygen atoms in total. The Morgan fingerprint density at radius 1 is 1.38 bits per heavy atom. The van der Waals surface area contributed by atoms with Gasteiger partial charge in [0.1, 0.15) is 6.04 Å². The van der Waals surface area contributed by atoms with E-state index in [4.69, 9.17) is 9.73 Å². The number of phenols is 1. The number of thioether (sulfide) groups is 1. The molecule has 0 saturated carbocycles. The van der Waals surface area contributed by atoms with E-state index in [2.05, 4.69) is 32.7 Å². The quantitative estimate of drug-likeness (QED) is 0.766. The standard InChI is InChI=1S/C19H20BrN3O2S/c1-3-11-10-26-19-22-17(14-6-4-5-7-21-14)18(23(11)19)12-8-16(25-2)15(24)9-13(12)20/h4-9,11,17-18,24H,3,10H2,1-2H3. The van der Waals surface area contributed by atoms with Gasteiger partial charge >= 0.3 is 0 Å². The van der Waals surface area contributed by atoms with Gasteiger partial charge in [-0.2, -0.15) is 0 Å². The normalized spacial score (nSPS) is 24.5. The molecule has 1 saturated heterocycles. The molecule has 2 aromatic rings. The number of aromatic nitrogens is 1. The van der Waals surface area contributed by atoms with Crippen molar-refractivity contribution in [2.24, 2.45) is 4.99 Å². The van der Waals surface area contributed by atoms with Crippen LogP contribution in [-0.4, -0.2) is 39.1 Å². The van der Waals surface area contributed by atoms with E-state index in [9.17, 15) is 5.11 Å². The van der Waals surface area contributed by atoms with Crippen molar-refractivity contribution in [1.82, 2.24) is 9.88 Å². The highest BCUT2D eigenvalue weighted by molar-refractivity contribution is 9.10. The number of ether oxygens (including phenoxy) is 1. The Labute approximate surface area is 165 Å². The van der Waals surface area contributed by atoms with E-state index in [1.165, 1.54) is 0 Å². The van der Waals surface area contributed by atoms with Crippen LogP contribution < -0.4 is 4.74 Å². The number of hydrogen-bond donors (Lipinski definition) is 1. The van der Waals surface area contributed by atoms with Crippen LogP contribution in [0, 0.1) is 0 Å². The first kappa shape index (κ1) is 17.7. The Kier molecular flexibility index (Phi) is 4.84. The number of rotatable bonds is 4. The number of amidine groups is 1. The first-order valence-electron chi connectivity index (χ1n) is 8.60. The second-order valence-corrected chi connectivity index (χ2v) is 8.22. The summed E-state index contributed by atoms with van der Waals surface area (Å²) in [6.07, 6.45) is 2.87. The maximum Gasteiger partial charge on any atom is 0.160 e. The number of pyridine rings is 1. The minimum absolute atomic E-state index is 0.0173. The molecule has 2 aliphatic heterocycles. The highest BCUT2D eigenvalue weighted by Gasteiger charge is 2.46. The van der Waals surface area contributed by atoms with Crippen LogP contribution in [0.25, 0.3) is 0 Å². The Morgan fingerprint density at radius 2 is 2.23 bits per heavy atom. The molecule has 26 heavy (non-hydrogen) atoms. The predicted molar refractivity (Wildman–Crippen MR) is 108 cm³/mol. The molecule has 1 N–H and O–H groups in total. The average molecular weight is 434 g/mol. The van der Waals surface area contributed by atoms with Crippen LogP contribution in [0.5, 0.6) is 11.5 Å². The molecule has 1 fully saturated rings. The Balaban J connectivity index is 1.85. The number of nitrogens with zero attached hydrogens (tertiary/aromatic N) is 3. The molecule has 0 bridgehead atoms. The summed E-state index contributed by atoms with van der Waals surface area (Å²) in [5.74, 6) is 1.64. The zero-order valence-corrected chi connectivity index (χ0v) is 17.0. The molecule has 0 radical (unpaired) electrons. The number of hydrogen-bond acceptors (Lipinski definition) is 6. The molecule has 7 heteroatoms. The number of benzene rings is 1. The van der Waals surface area contributed by atoms with Crippen LogP contribution in [0.2, 0.25) is 0 Å². The first-order valence-corrected chi connectivity index (χ1v) is 10.4. The maximum absolute atomic E-state index is 10.1. The lowest BCUT2D eigenvalue weighted by atomic mass is 9.95. The SMILES string of the molecule is CCC1CSC2=NC(c3ccccn3)C(c3cc(OC)c(O)cc3Br)N21. The number of aliphatic imine (C=N–C) groups is 1. The lowest BCUT2D eigenvalue weighted by molar-refractivity contribution is 0.253. The smallest absolute Gasteiger partial charge is 0.160 e. The Hall–Kier alpha value is -1.73. The summed E-state index contributed by atoms with van der Waals surface area (Å²) < 4.78 is 6.21. The van der Waals surface area contributed by atoms with Gasteiger partial charge in [0.25, 0.3) is 0 Å². The van der Waals surface area contributed by atoms with Gasteiger partial charge in [0.05, 0.1) is 18.8 Å². The van der Waals surface area contributed by atoms with Gasteiger partial charge in [0, 0.05) is 22.5 Å². The average Bonchev–Trinajstić information content (AvgIpc) is 3.22. The van der Waals surface area contributed by atoms with Crippen molar-refractivity contribution in [2.75, 3.05) is 12.9 Å². The summed E-state index contributed by atoms with van der Waals surface area (Å²) in [5, 5.41) is 11.2. The van der Waals surface area contributed by atoms with Crippen LogP contribution in [0.1, 0.15) is 36.7 Å². The molecule has 2 aliphatic rings. The van der Waals surface area contributed by atoms with Gasteiger partial charge < -0.3 is 14.7 Å². The van der Waals surface area contributed by atoms with Gasteiger partial charge in [-0.05, 0) is 36.2 Å². The van der Waals surface area contributed by atoms with Crippen molar-refractivity contribution >= 4 is 32.9 Å². The van der Waals surface area contributed by atoms with E-state index in [-0.39, 0.29) is 17.8 Å². The van der Waals surface area contributed by atoms with Gasteiger partial charge in [0.15, 0.2) is 16.7 Å². The number of phenolic OH excluding ortho intramolecular Hbond substituents is 1. The number of aromatic hydroxyl groups is 1. The van der Waals surface area contributed by atoms with Crippen molar-refractivity contribution in [3.8, 4) is 11.5 Å². The fraction of sp³-hybridized carbons (Fsp3) is 0.368. The van der Waals surface area contributed by atoms with E-state index in [0.29, 0.717) is 11.8 Å². The third-order valence-corrected chi connectivity index (χ3v) is 6.76. The molecule has 3 heterocycles. The zero-order chi connectivity index (χ0) is 18.3. The second kappa shape index (κ2) is 7.12. The van der Waals surface area contributed by atoms with Gasteiger partial charge in [-0.3, -0.25) is 9.98 Å². The third-order valence-electron chi connectivity index (χ3n) is 4.95. The second-order valence-electron chi connectivity index (χ2n) is 6.38. The van der Waals surface area contributed by atoms with E-state index in [1.54, 1.807) is 13.2 Å². The molecular weight excluding hydrogens is 414 g/mol. The van der Waals surface area contributed by atoms with Crippen molar-refractivity contribution in [3.05, 3.63) is 52.3 Å². The van der Waals surface area contributed by atoms with E-state index in [0.717, 1.165) is 33.1 Å². The zero-order valence-electron chi connectivity index (χ0n) is 14.6. The first-order chi connectivity index (χ1) is 12.6. The van der Waals surface area contributed by atoms with Crippen molar-refractivity contribution in [3.63, 3.8) is 0 Å². The lowest BCUT2D eigenvalue weighted by Gasteiger charge is -2.32. The van der Waals surface area contributed by atoms with Gasteiger partial charge in [-0.25, -0.2) is 0 Å². The van der Waals surface area contributed by atoms with Crippen LogP contribution in [0.4, 0.5) is 0 Å². The summed E-state index contributed by atoms with van der Waals surface area (Å²) in [4.78, 5) is 12.0. The summed E-state index contributed by atoms with van der Waals surface area (Å²) in [7, 11) is 1.57. The molecule has 3 atom stereocenters. The molecule has 1 aromatic heterocycles. The Morgan fingerprint density at radius 3 is 2.92 bits per heavy atom. The summed E-state index contributed by atoms with van der Waals surface area (Å²) in [5.41, 5.74) is 2.00. The van der Waals surface area contributed by atoms with Crippen LogP contribution in [0.15, 0.2) is 46.0 Å². The minimum atomic E-state index is -0.0846. The highest BCUT2D eigenvalue weighted by Crippen LogP contribution is 2.51. The summed E-state index contributed by atoms with van der Waals surface area (Å²) >= 11 is 5.45. The summed E-state index contributed by atoms with van der Waals surface area (Å²) in [6.45, 7) is 2.21. The van der Waals surface area contributed by atoms with Gasteiger partial charge in [-0.1, -0.05) is 40.7 Å². The predicted octanol–water partition coefficient (Wildman–Crippen LogP) is 4.54. The lowest BCUT2D eigenvalue weighted by Crippen LogP contribution is -2.35. The fourth-order valence-electron chi connectivity index (χ4n) is 3.64. The number of fused-ring (bicyclic) bond motifs is 1. The largest absolute Gasteiger partial charge is 0.504 e. The van der Waals surface area contributed by atoms with Gasteiger partial charge in [0.2, 0.25) is 0 Å². The monoisotopic (exact) mass is 433 g/mol. The van der Waals surface area contributed by atoms with E-state index >= 15 is 0 Å². The molecule has 3 unspecified atom stereocenters. The number of methoxy groups -OCH3 is 1. The summed E-state index contributed by atoms with van der Waals surface area (Å²) in [6, 6.07) is 9.93. The molecule has 1 aromatic carbocycles. The molecule has 4 rings (SSSR count).